The zero-order valence-corrected chi connectivity index (χ0v) is 19.5. The maximum atomic E-state index is 11.8. The highest BCUT2D eigenvalue weighted by atomic mass is 16.7. The van der Waals surface area contributed by atoms with Crippen LogP contribution in [-0.4, -0.2) is 28.3 Å². The van der Waals surface area contributed by atoms with Crippen molar-refractivity contribution in [1.82, 2.24) is 9.78 Å². The van der Waals surface area contributed by atoms with Crippen LogP contribution in [0.4, 0.5) is 0 Å². The van der Waals surface area contributed by atoms with E-state index in [0.717, 1.165) is 34.5 Å². The lowest BCUT2D eigenvalue weighted by atomic mass is 9.84. The first-order valence-corrected chi connectivity index (χ1v) is 10.9. The molecule has 6 heteroatoms. The van der Waals surface area contributed by atoms with Gasteiger partial charge in [0, 0.05) is 36.2 Å². The Bertz CT molecular complexity index is 1010. The number of aromatic nitrogens is 2. The SMILES string of the molecule is CCCC(=O)OCOC1=C(c2ccc(C(C)(C)C)cc2)C(=N)Cc2c(C)nn(CC)c21. The average Bonchev–Trinajstić information content (AvgIpc) is 3.03. The molecule has 1 N–H and O–H groups in total. The molecule has 2 aromatic rings. The van der Waals surface area contributed by atoms with Gasteiger partial charge in [0.1, 0.15) is 5.69 Å². The number of fused-ring (bicyclic) bond motifs is 1. The predicted molar refractivity (Wildman–Crippen MR) is 123 cm³/mol. The summed E-state index contributed by atoms with van der Waals surface area (Å²) in [5, 5.41) is 13.4. The number of nitrogens with zero attached hydrogens (tertiary/aromatic N) is 2. The topological polar surface area (TPSA) is 77.2 Å². The number of nitrogens with one attached hydrogen (secondary N) is 1. The summed E-state index contributed by atoms with van der Waals surface area (Å²) in [6, 6.07) is 8.29. The molecule has 1 aliphatic rings. The maximum Gasteiger partial charge on any atom is 0.308 e. The number of hydrogen-bond donors (Lipinski definition) is 1. The first-order valence-electron chi connectivity index (χ1n) is 10.9. The number of benzene rings is 1. The molecule has 166 valence electrons. The van der Waals surface area contributed by atoms with Gasteiger partial charge in [-0.1, -0.05) is 52.0 Å². The molecule has 0 fully saturated rings. The number of allylic oxidation sites excluding steroid dienone is 1. The van der Waals surface area contributed by atoms with Crippen LogP contribution in [0.3, 0.4) is 0 Å². The smallest absolute Gasteiger partial charge is 0.308 e. The molecule has 1 aliphatic carbocycles. The largest absolute Gasteiger partial charge is 0.454 e. The zero-order valence-electron chi connectivity index (χ0n) is 19.5. The quantitative estimate of drug-likeness (QED) is 0.486. The number of carbonyl (C=O) groups is 1. The third kappa shape index (κ3) is 4.73. The highest BCUT2D eigenvalue weighted by Gasteiger charge is 2.31. The normalized spacial score (nSPS) is 13.9. The zero-order chi connectivity index (χ0) is 22.8. The van der Waals surface area contributed by atoms with Crippen molar-refractivity contribution in [3.63, 3.8) is 0 Å². The highest BCUT2D eigenvalue weighted by Crippen LogP contribution is 2.38. The molecule has 0 amide bonds. The molecule has 0 radical (unpaired) electrons. The number of esters is 1. The van der Waals surface area contributed by atoms with Crippen molar-refractivity contribution in [2.45, 2.75) is 72.8 Å². The van der Waals surface area contributed by atoms with Gasteiger partial charge in [0.25, 0.3) is 0 Å². The van der Waals surface area contributed by atoms with Crippen LogP contribution in [0.5, 0.6) is 0 Å². The molecule has 1 aromatic heterocycles. The molecule has 0 spiro atoms. The third-order valence-corrected chi connectivity index (χ3v) is 5.57. The van der Waals surface area contributed by atoms with Gasteiger partial charge in [-0.05, 0) is 36.8 Å². The van der Waals surface area contributed by atoms with Crippen LogP contribution in [-0.2, 0) is 32.6 Å². The van der Waals surface area contributed by atoms with Gasteiger partial charge in [0.15, 0.2) is 5.76 Å². The summed E-state index contributed by atoms with van der Waals surface area (Å²) in [6.45, 7) is 13.0. The molecule has 0 saturated heterocycles. The molecular weight excluding hydrogens is 390 g/mol. The van der Waals surface area contributed by atoms with E-state index in [9.17, 15) is 4.79 Å². The van der Waals surface area contributed by atoms with Crippen molar-refractivity contribution in [2.24, 2.45) is 0 Å². The Balaban J connectivity index is 2.07. The van der Waals surface area contributed by atoms with E-state index in [1.165, 1.54) is 5.56 Å². The van der Waals surface area contributed by atoms with Crippen LogP contribution in [0.1, 0.15) is 75.5 Å². The summed E-state index contributed by atoms with van der Waals surface area (Å²) in [4.78, 5) is 11.8. The second-order valence-corrected chi connectivity index (χ2v) is 8.94. The first kappa shape index (κ1) is 22.8. The summed E-state index contributed by atoms with van der Waals surface area (Å²) in [7, 11) is 0. The van der Waals surface area contributed by atoms with Crippen molar-refractivity contribution in [3.05, 3.63) is 52.3 Å². The van der Waals surface area contributed by atoms with Crippen LogP contribution in [0.25, 0.3) is 11.3 Å². The third-order valence-electron chi connectivity index (χ3n) is 5.57. The second kappa shape index (κ2) is 9.08. The average molecular weight is 424 g/mol. The molecule has 3 rings (SSSR count). The van der Waals surface area contributed by atoms with Crippen molar-refractivity contribution in [1.29, 1.82) is 5.41 Å². The van der Waals surface area contributed by atoms with Crippen molar-refractivity contribution in [3.8, 4) is 0 Å². The van der Waals surface area contributed by atoms with Crippen molar-refractivity contribution < 1.29 is 14.3 Å². The lowest BCUT2D eigenvalue weighted by Gasteiger charge is -2.24. The van der Waals surface area contributed by atoms with Crippen LogP contribution >= 0.6 is 0 Å². The van der Waals surface area contributed by atoms with E-state index in [1.807, 2.05) is 37.6 Å². The minimum atomic E-state index is -0.287. The number of carbonyl (C=O) groups excluding carboxylic acids is 1. The van der Waals surface area contributed by atoms with Crippen LogP contribution in [0.2, 0.25) is 0 Å². The molecule has 0 saturated carbocycles. The molecule has 0 atom stereocenters. The second-order valence-electron chi connectivity index (χ2n) is 8.94. The van der Waals surface area contributed by atoms with E-state index in [1.54, 1.807) is 0 Å². The predicted octanol–water partition coefficient (Wildman–Crippen LogP) is 5.27. The fourth-order valence-electron chi connectivity index (χ4n) is 3.85. The summed E-state index contributed by atoms with van der Waals surface area (Å²) >= 11 is 0. The summed E-state index contributed by atoms with van der Waals surface area (Å²) in [5.74, 6) is 0.270. The standard InChI is InChI=1S/C25H33N3O3/c1-7-9-21(29)30-15-31-24-22(17-10-12-18(13-11-17)25(4,5)6)20(26)14-19-16(3)27-28(8-2)23(19)24/h10-13,26H,7-9,14-15H2,1-6H3. The molecular formula is C25H33N3O3. The van der Waals surface area contributed by atoms with Gasteiger partial charge in [-0.25, -0.2) is 0 Å². The lowest BCUT2D eigenvalue weighted by molar-refractivity contribution is -0.151. The van der Waals surface area contributed by atoms with Gasteiger partial charge in [-0.15, -0.1) is 0 Å². The summed E-state index contributed by atoms with van der Waals surface area (Å²) in [5.41, 5.74) is 6.16. The Labute approximate surface area is 184 Å². The highest BCUT2D eigenvalue weighted by molar-refractivity contribution is 6.30. The number of rotatable bonds is 7. The molecule has 6 nitrogen and oxygen atoms in total. The Morgan fingerprint density at radius 1 is 1.19 bits per heavy atom. The molecule has 0 aliphatic heterocycles. The fraction of sp³-hybridized carbons (Fsp3) is 0.480. The number of aryl methyl sites for hydroxylation is 2. The van der Waals surface area contributed by atoms with E-state index in [-0.39, 0.29) is 18.2 Å². The molecule has 1 aromatic carbocycles. The van der Waals surface area contributed by atoms with E-state index in [4.69, 9.17) is 14.9 Å². The van der Waals surface area contributed by atoms with Gasteiger partial charge in [0.05, 0.1) is 5.69 Å². The Morgan fingerprint density at radius 3 is 2.45 bits per heavy atom. The van der Waals surface area contributed by atoms with E-state index >= 15 is 0 Å². The van der Waals surface area contributed by atoms with E-state index < -0.39 is 0 Å². The minimum absolute atomic E-state index is 0.0465. The number of ether oxygens (including phenoxy) is 2. The fourth-order valence-corrected chi connectivity index (χ4v) is 3.85. The number of hydrogen-bond acceptors (Lipinski definition) is 5. The summed E-state index contributed by atoms with van der Waals surface area (Å²) < 4.78 is 13.2. The van der Waals surface area contributed by atoms with Gasteiger partial charge >= 0.3 is 5.97 Å². The maximum absolute atomic E-state index is 11.8. The van der Waals surface area contributed by atoms with Crippen molar-refractivity contribution >= 4 is 23.0 Å². The van der Waals surface area contributed by atoms with E-state index in [2.05, 4.69) is 38.0 Å². The van der Waals surface area contributed by atoms with E-state index in [0.29, 0.717) is 30.9 Å². The van der Waals surface area contributed by atoms with Gasteiger partial charge in [-0.2, -0.15) is 5.10 Å². The first-order chi connectivity index (χ1) is 14.7. The Morgan fingerprint density at radius 2 is 1.87 bits per heavy atom. The summed E-state index contributed by atoms with van der Waals surface area (Å²) in [6.07, 6.45) is 1.58. The van der Waals surface area contributed by atoms with Crippen LogP contribution in [0, 0.1) is 12.3 Å². The van der Waals surface area contributed by atoms with Crippen LogP contribution < -0.4 is 0 Å². The monoisotopic (exact) mass is 423 g/mol. The Kier molecular flexibility index (Phi) is 6.68. The molecule has 0 unspecified atom stereocenters. The molecule has 0 bridgehead atoms. The Hall–Kier alpha value is -2.89. The van der Waals surface area contributed by atoms with Gasteiger partial charge < -0.3 is 14.9 Å². The van der Waals surface area contributed by atoms with Gasteiger partial charge in [-0.3, -0.25) is 9.48 Å². The van der Waals surface area contributed by atoms with Gasteiger partial charge in [0.2, 0.25) is 6.79 Å². The molecule has 31 heavy (non-hydrogen) atoms. The van der Waals surface area contributed by atoms with Crippen LogP contribution in [0.15, 0.2) is 24.3 Å². The van der Waals surface area contributed by atoms with Crippen molar-refractivity contribution in [2.75, 3.05) is 6.79 Å². The molecule has 1 heterocycles. The lowest BCUT2D eigenvalue weighted by Crippen LogP contribution is -2.20. The minimum Gasteiger partial charge on any atom is -0.454 e.